The lowest BCUT2D eigenvalue weighted by molar-refractivity contribution is -0.123. The SMILES string of the molecule is CC[C@](N)(C(N)=O)c1cnc(Cl)cc1Cl. The number of rotatable bonds is 3. The molecule has 0 aliphatic rings. The lowest BCUT2D eigenvalue weighted by Crippen LogP contribution is -2.48. The minimum atomic E-state index is -1.30. The van der Waals surface area contributed by atoms with Gasteiger partial charge in [-0.1, -0.05) is 30.1 Å². The summed E-state index contributed by atoms with van der Waals surface area (Å²) in [5, 5.41) is 0.532. The fraction of sp³-hybridized carbons (Fsp3) is 0.333. The summed E-state index contributed by atoms with van der Waals surface area (Å²) in [6.07, 6.45) is 1.71. The van der Waals surface area contributed by atoms with E-state index in [1.807, 2.05) is 0 Å². The van der Waals surface area contributed by atoms with Gasteiger partial charge in [-0.05, 0) is 12.5 Å². The first-order valence-corrected chi connectivity index (χ1v) is 5.07. The quantitative estimate of drug-likeness (QED) is 0.794. The van der Waals surface area contributed by atoms with Crippen molar-refractivity contribution in [2.45, 2.75) is 18.9 Å². The third-order valence-electron chi connectivity index (χ3n) is 2.30. The van der Waals surface area contributed by atoms with Gasteiger partial charge < -0.3 is 11.5 Å². The Morgan fingerprint density at radius 2 is 2.20 bits per heavy atom. The number of hydrogen-bond donors (Lipinski definition) is 2. The molecule has 4 N–H and O–H groups in total. The molecule has 6 heteroatoms. The fourth-order valence-electron chi connectivity index (χ4n) is 1.23. The molecule has 0 aromatic carbocycles. The molecule has 1 aromatic rings. The topological polar surface area (TPSA) is 82.0 Å². The molecular weight excluding hydrogens is 237 g/mol. The van der Waals surface area contributed by atoms with Gasteiger partial charge >= 0.3 is 0 Å². The smallest absolute Gasteiger partial charge is 0.242 e. The lowest BCUT2D eigenvalue weighted by Gasteiger charge is -2.25. The van der Waals surface area contributed by atoms with Crippen LogP contribution in [0.4, 0.5) is 0 Å². The molecule has 0 spiro atoms. The zero-order chi connectivity index (χ0) is 11.6. The standard InChI is InChI=1S/C9H11Cl2N3O/c1-2-9(13,8(12)15)5-4-14-7(11)3-6(5)10/h3-4H,2,13H2,1H3,(H2,12,15)/t9-/m1/s1. The zero-order valence-corrected chi connectivity index (χ0v) is 9.64. The van der Waals surface area contributed by atoms with Gasteiger partial charge in [-0.25, -0.2) is 4.98 Å². The first-order valence-electron chi connectivity index (χ1n) is 4.32. The van der Waals surface area contributed by atoms with Crippen LogP contribution in [-0.4, -0.2) is 10.9 Å². The molecule has 0 aliphatic heterocycles. The van der Waals surface area contributed by atoms with E-state index >= 15 is 0 Å². The summed E-state index contributed by atoms with van der Waals surface area (Å²) in [7, 11) is 0. The number of nitrogens with two attached hydrogens (primary N) is 2. The zero-order valence-electron chi connectivity index (χ0n) is 8.13. The van der Waals surface area contributed by atoms with Crippen LogP contribution in [0.1, 0.15) is 18.9 Å². The second-order valence-electron chi connectivity index (χ2n) is 3.18. The van der Waals surface area contributed by atoms with Crippen molar-refractivity contribution < 1.29 is 4.79 Å². The van der Waals surface area contributed by atoms with Crippen LogP contribution in [0.3, 0.4) is 0 Å². The molecule has 1 aromatic heterocycles. The number of pyridine rings is 1. The van der Waals surface area contributed by atoms with Gasteiger partial charge in [0.25, 0.3) is 0 Å². The van der Waals surface area contributed by atoms with Gasteiger partial charge in [-0.2, -0.15) is 0 Å². The Morgan fingerprint density at radius 1 is 1.60 bits per heavy atom. The number of carbonyl (C=O) groups excluding carboxylic acids is 1. The van der Waals surface area contributed by atoms with E-state index in [9.17, 15) is 4.79 Å². The monoisotopic (exact) mass is 247 g/mol. The summed E-state index contributed by atoms with van der Waals surface area (Å²) in [5.41, 5.74) is 10.2. The van der Waals surface area contributed by atoms with E-state index in [1.165, 1.54) is 12.3 Å². The Labute approximate surface area is 97.6 Å². The minimum Gasteiger partial charge on any atom is -0.368 e. The van der Waals surface area contributed by atoms with Crippen molar-refractivity contribution in [2.75, 3.05) is 0 Å². The average molecular weight is 248 g/mol. The van der Waals surface area contributed by atoms with Crippen LogP contribution in [0.15, 0.2) is 12.3 Å². The highest BCUT2D eigenvalue weighted by atomic mass is 35.5. The molecule has 0 bridgehead atoms. The van der Waals surface area contributed by atoms with E-state index < -0.39 is 11.4 Å². The molecule has 0 fully saturated rings. The van der Waals surface area contributed by atoms with Gasteiger partial charge in [0.2, 0.25) is 5.91 Å². The first kappa shape index (κ1) is 12.2. The van der Waals surface area contributed by atoms with Crippen molar-refractivity contribution in [3.05, 3.63) is 28.0 Å². The molecule has 1 atom stereocenters. The van der Waals surface area contributed by atoms with Crippen molar-refractivity contribution in [1.82, 2.24) is 4.98 Å². The first-order chi connectivity index (χ1) is 6.91. The number of halogens is 2. The molecule has 15 heavy (non-hydrogen) atoms. The maximum atomic E-state index is 11.3. The third kappa shape index (κ3) is 2.22. The Bertz CT molecular complexity index is 397. The van der Waals surface area contributed by atoms with E-state index in [0.717, 1.165) is 0 Å². The Kier molecular flexibility index (Phi) is 3.54. The van der Waals surface area contributed by atoms with E-state index in [4.69, 9.17) is 34.7 Å². The van der Waals surface area contributed by atoms with Gasteiger partial charge in [-0.15, -0.1) is 0 Å². The van der Waals surface area contributed by atoms with Crippen LogP contribution in [0.25, 0.3) is 0 Å². The second kappa shape index (κ2) is 4.35. The van der Waals surface area contributed by atoms with Crippen LogP contribution in [0.2, 0.25) is 10.2 Å². The number of aromatic nitrogens is 1. The van der Waals surface area contributed by atoms with Gasteiger partial charge in [0, 0.05) is 11.8 Å². The van der Waals surface area contributed by atoms with Crippen molar-refractivity contribution in [3.63, 3.8) is 0 Å². The molecule has 0 saturated heterocycles. The highest BCUT2D eigenvalue weighted by Gasteiger charge is 2.34. The van der Waals surface area contributed by atoms with Crippen LogP contribution in [0.5, 0.6) is 0 Å². The maximum Gasteiger partial charge on any atom is 0.242 e. The predicted molar refractivity (Wildman–Crippen MR) is 59.6 cm³/mol. The Hall–Kier alpha value is -0.840. The van der Waals surface area contributed by atoms with E-state index in [-0.39, 0.29) is 10.2 Å². The summed E-state index contributed by atoms with van der Waals surface area (Å²) in [4.78, 5) is 15.1. The highest BCUT2D eigenvalue weighted by molar-refractivity contribution is 6.34. The van der Waals surface area contributed by atoms with Crippen molar-refractivity contribution in [2.24, 2.45) is 11.5 Å². The molecule has 82 valence electrons. The number of carbonyl (C=O) groups is 1. The number of amides is 1. The van der Waals surface area contributed by atoms with E-state index in [2.05, 4.69) is 4.98 Å². The Morgan fingerprint density at radius 3 is 2.60 bits per heavy atom. The average Bonchev–Trinajstić information content (AvgIpc) is 2.16. The summed E-state index contributed by atoms with van der Waals surface area (Å²) in [6.45, 7) is 1.75. The summed E-state index contributed by atoms with van der Waals surface area (Å²) < 4.78 is 0. The molecular formula is C9H11Cl2N3O. The van der Waals surface area contributed by atoms with E-state index in [1.54, 1.807) is 6.92 Å². The molecule has 4 nitrogen and oxygen atoms in total. The van der Waals surface area contributed by atoms with Gasteiger partial charge in [-0.3, -0.25) is 4.79 Å². The molecule has 1 rings (SSSR count). The summed E-state index contributed by atoms with van der Waals surface area (Å²) >= 11 is 11.6. The molecule has 0 radical (unpaired) electrons. The van der Waals surface area contributed by atoms with Crippen LogP contribution in [0, 0.1) is 0 Å². The number of primary amides is 1. The number of nitrogens with zero attached hydrogens (tertiary/aromatic N) is 1. The van der Waals surface area contributed by atoms with E-state index in [0.29, 0.717) is 12.0 Å². The van der Waals surface area contributed by atoms with Gasteiger partial charge in [0.15, 0.2) is 0 Å². The predicted octanol–water partition coefficient (Wildman–Crippen LogP) is 1.44. The maximum absolute atomic E-state index is 11.3. The fourth-order valence-corrected chi connectivity index (χ4v) is 1.77. The van der Waals surface area contributed by atoms with Gasteiger partial charge in [0.1, 0.15) is 10.7 Å². The van der Waals surface area contributed by atoms with Crippen LogP contribution in [-0.2, 0) is 10.3 Å². The normalized spacial score (nSPS) is 14.7. The van der Waals surface area contributed by atoms with Crippen LogP contribution >= 0.6 is 23.2 Å². The van der Waals surface area contributed by atoms with Crippen molar-refractivity contribution in [1.29, 1.82) is 0 Å². The van der Waals surface area contributed by atoms with Crippen molar-refractivity contribution >= 4 is 29.1 Å². The summed E-state index contributed by atoms with van der Waals surface area (Å²) in [5.74, 6) is -0.643. The molecule has 1 amide bonds. The highest BCUT2D eigenvalue weighted by Crippen LogP contribution is 2.29. The molecule has 0 saturated carbocycles. The Balaban J connectivity index is 3.30. The van der Waals surface area contributed by atoms with Crippen LogP contribution < -0.4 is 11.5 Å². The van der Waals surface area contributed by atoms with Crippen molar-refractivity contribution in [3.8, 4) is 0 Å². The summed E-state index contributed by atoms with van der Waals surface area (Å²) in [6, 6.07) is 1.43. The lowest BCUT2D eigenvalue weighted by atomic mass is 9.89. The number of hydrogen-bond acceptors (Lipinski definition) is 3. The second-order valence-corrected chi connectivity index (χ2v) is 3.97. The largest absolute Gasteiger partial charge is 0.368 e. The minimum absolute atomic E-state index is 0.242. The van der Waals surface area contributed by atoms with Gasteiger partial charge in [0.05, 0.1) is 5.02 Å². The third-order valence-corrected chi connectivity index (χ3v) is 2.82. The molecule has 1 heterocycles. The molecule has 0 unspecified atom stereocenters. The molecule has 0 aliphatic carbocycles.